The van der Waals surface area contributed by atoms with Crippen LogP contribution in [0.3, 0.4) is 0 Å². The highest BCUT2D eigenvalue weighted by Gasteiger charge is 2.09. The molecule has 1 heterocycles. The number of aliphatic hydroxyl groups excluding tert-OH is 1. The van der Waals surface area contributed by atoms with Crippen LogP contribution in [0.25, 0.3) is 0 Å². The number of nitrogens with zero attached hydrogens (tertiary/aromatic N) is 1. The van der Waals surface area contributed by atoms with E-state index in [-0.39, 0.29) is 6.61 Å². The van der Waals surface area contributed by atoms with Gasteiger partial charge in [0.2, 0.25) is 0 Å². The summed E-state index contributed by atoms with van der Waals surface area (Å²) in [4.78, 5) is 3.99. The number of benzene rings is 1. The molecule has 0 saturated carbocycles. The summed E-state index contributed by atoms with van der Waals surface area (Å²) in [6, 6.07) is 11.1. The molecule has 2 aromatic rings. The minimum atomic E-state index is -0.729. The fraction of sp³-hybridized carbons (Fsp3) is 0.214. The molecule has 0 amide bonds. The Balaban J connectivity index is 1.97. The summed E-state index contributed by atoms with van der Waals surface area (Å²) in [6.45, 7) is 0.179. The van der Waals surface area contributed by atoms with Crippen LogP contribution in [-0.4, -0.2) is 23.8 Å². The van der Waals surface area contributed by atoms with Crippen LogP contribution in [0.5, 0.6) is 11.5 Å². The second-order valence-corrected chi connectivity index (χ2v) is 3.80. The molecule has 0 aliphatic rings. The Bertz CT molecular complexity index is 487. The second-order valence-electron chi connectivity index (χ2n) is 3.80. The molecule has 0 bridgehead atoms. The lowest BCUT2D eigenvalue weighted by Gasteiger charge is -2.13. The van der Waals surface area contributed by atoms with Crippen molar-refractivity contribution in [3.05, 3.63) is 54.4 Å². The van der Waals surface area contributed by atoms with Gasteiger partial charge in [0.15, 0.2) is 0 Å². The van der Waals surface area contributed by atoms with Crippen molar-refractivity contribution >= 4 is 0 Å². The van der Waals surface area contributed by atoms with Gasteiger partial charge in [0.05, 0.1) is 13.3 Å². The SMILES string of the molecule is COc1cncc(C(O)COc2ccccc2)c1. The minimum Gasteiger partial charge on any atom is -0.495 e. The van der Waals surface area contributed by atoms with E-state index in [9.17, 15) is 5.11 Å². The monoisotopic (exact) mass is 245 g/mol. The maximum atomic E-state index is 9.98. The van der Waals surface area contributed by atoms with Gasteiger partial charge in [0.1, 0.15) is 24.2 Å². The normalized spacial score (nSPS) is 11.9. The van der Waals surface area contributed by atoms with Crippen molar-refractivity contribution in [3.63, 3.8) is 0 Å². The van der Waals surface area contributed by atoms with E-state index in [0.717, 1.165) is 5.75 Å². The van der Waals surface area contributed by atoms with Crippen LogP contribution >= 0.6 is 0 Å². The van der Waals surface area contributed by atoms with Gasteiger partial charge in [-0.2, -0.15) is 0 Å². The summed E-state index contributed by atoms with van der Waals surface area (Å²) in [5, 5.41) is 9.98. The summed E-state index contributed by atoms with van der Waals surface area (Å²) < 4.78 is 10.5. The third-order valence-electron chi connectivity index (χ3n) is 2.51. The van der Waals surface area contributed by atoms with Crippen molar-refractivity contribution in [3.8, 4) is 11.5 Å². The van der Waals surface area contributed by atoms with E-state index in [1.54, 1.807) is 25.6 Å². The lowest BCUT2D eigenvalue weighted by molar-refractivity contribution is 0.107. The summed E-state index contributed by atoms with van der Waals surface area (Å²) in [7, 11) is 1.56. The number of rotatable bonds is 5. The maximum absolute atomic E-state index is 9.98. The molecule has 0 fully saturated rings. The van der Waals surface area contributed by atoms with Crippen LogP contribution in [0.4, 0.5) is 0 Å². The molecule has 0 aliphatic heterocycles. The molecule has 0 spiro atoms. The smallest absolute Gasteiger partial charge is 0.137 e. The Hall–Kier alpha value is -2.07. The number of aromatic nitrogens is 1. The summed E-state index contributed by atoms with van der Waals surface area (Å²) in [5.74, 6) is 1.35. The first-order chi connectivity index (χ1) is 8.79. The molecule has 4 nitrogen and oxygen atoms in total. The van der Waals surface area contributed by atoms with Gasteiger partial charge in [-0.05, 0) is 18.2 Å². The van der Waals surface area contributed by atoms with E-state index in [2.05, 4.69) is 4.98 Å². The van der Waals surface area contributed by atoms with Gasteiger partial charge in [-0.3, -0.25) is 4.98 Å². The van der Waals surface area contributed by atoms with E-state index in [0.29, 0.717) is 11.3 Å². The molecule has 18 heavy (non-hydrogen) atoms. The molecule has 4 heteroatoms. The van der Waals surface area contributed by atoms with Crippen molar-refractivity contribution in [2.24, 2.45) is 0 Å². The number of hydrogen-bond donors (Lipinski definition) is 1. The first kappa shape index (κ1) is 12.4. The number of pyridine rings is 1. The maximum Gasteiger partial charge on any atom is 0.137 e. The van der Waals surface area contributed by atoms with E-state index in [1.165, 1.54) is 0 Å². The lowest BCUT2D eigenvalue weighted by atomic mass is 10.2. The first-order valence-corrected chi connectivity index (χ1v) is 5.64. The molecule has 0 aliphatic carbocycles. The quantitative estimate of drug-likeness (QED) is 0.877. The van der Waals surface area contributed by atoms with Gasteiger partial charge in [-0.25, -0.2) is 0 Å². The fourth-order valence-electron chi connectivity index (χ4n) is 1.52. The Morgan fingerprint density at radius 3 is 2.67 bits per heavy atom. The standard InChI is InChI=1S/C14H15NO3/c1-17-13-7-11(8-15-9-13)14(16)10-18-12-5-3-2-4-6-12/h2-9,14,16H,10H2,1H3. The molecular formula is C14H15NO3. The highest BCUT2D eigenvalue weighted by Crippen LogP contribution is 2.19. The van der Waals surface area contributed by atoms with Crippen LogP contribution in [0.2, 0.25) is 0 Å². The predicted octanol–water partition coefficient (Wildman–Crippen LogP) is 2.20. The zero-order valence-corrected chi connectivity index (χ0v) is 10.1. The fourth-order valence-corrected chi connectivity index (χ4v) is 1.52. The van der Waals surface area contributed by atoms with Gasteiger partial charge in [0, 0.05) is 11.8 Å². The Labute approximate surface area is 106 Å². The average Bonchev–Trinajstić information content (AvgIpc) is 2.46. The average molecular weight is 245 g/mol. The molecule has 1 N–H and O–H groups in total. The Kier molecular flexibility index (Phi) is 4.15. The third-order valence-corrected chi connectivity index (χ3v) is 2.51. The molecule has 1 aromatic carbocycles. The van der Waals surface area contributed by atoms with Crippen LogP contribution in [0.1, 0.15) is 11.7 Å². The van der Waals surface area contributed by atoms with Crippen molar-refractivity contribution in [2.75, 3.05) is 13.7 Å². The van der Waals surface area contributed by atoms with Crippen molar-refractivity contribution in [1.82, 2.24) is 4.98 Å². The third kappa shape index (κ3) is 3.21. The van der Waals surface area contributed by atoms with Crippen molar-refractivity contribution < 1.29 is 14.6 Å². The minimum absolute atomic E-state index is 0.179. The second kappa shape index (κ2) is 6.02. The van der Waals surface area contributed by atoms with Crippen molar-refractivity contribution in [1.29, 1.82) is 0 Å². The van der Waals surface area contributed by atoms with E-state index >= 15 is 0 Å². The molecule has 0 radical (unpaired) electrons. The zero-order valence-electron chi connectivity index (χ0n) is 10.1. The van der Waals surface area contributed by atoms with E-state index < -0.39 is 6.10 Å². The molecule has 2 rings (SSSR count). The van der Waals surface area contributed by atoms with Gasteiger partial charge < -0.3 is 14.6 Å². The van der Waals surface area contributed by atoms with Crippen LogP contribution in [0.15, 0.2) is 48.8 Å². The van der Waals surface area contributed by atoms with Crippen LogP contribution in [0, 0.1) is 0 Å². The number of ether oxygens (including phenoxy) is 2. The molecule has 1 unspecified atom stereocenters. The number of para-hydroxylation sites is 1. The number of aliphatic hydroxyl groups is 1. The summed E-state index contributed by atoms with van der Waals surface area (Å²) >= 11 is 0. The summed E-state index contributed by atoms with van der Waals surface area (Å²) in [6.07, 6.45) is 2.46. The van der Waals surface area contributed by atoms with Crippen molar-refractivity contribution in [2.45, 2.75) is 6.10 Å². The highest BCUT2D eigenvalue weighted by atomic mass is 16.5. The Morgan fingerprint density at radius 1 is 1.17 bits per heavy atom. The molecule has 1 atom stereocenters. The predicted molar refractivity (Wildman–Crippen MR) is 67.7 cm³/mol. The highest BCUT2D eigenvalue weighted by molar-refractivity contribution is 5.25. The lowest BCUT2D eigenvalue weighted by Crippen LogP contribution is -2.10. The molecule has 0 saturated heterocycles. The Morgan fingerprint density at radius 2 is 1.94 bits per heavy atom. The first-order valence-electron chi connectivity index (χ1n) is 5.64. The van der Waals surface area contributed by atoms with Gasteiger partial charge in [-0.1, -0.05) is 18.2 Å². The zero-order chi connectivity index (χ0) is 12.8. The number of hydrogen-bond acceptors (Lipinski definition) is 4. The van der Waals surface area contributed by atoms with Crippen LogP contribution in [-0.2, 0) is 0 Å². The largest absolute Gasteiger partial charge is 0.495 e. The number of methoxy groups -OCH3 is 1. The van der Waals surface area contributed by atoms with E-state index in [1.807, 2.05) is 30.3 Å². The molecular weight excluding hydrogens is 230 g/mol. The molecule has 1 aromatic heterocycles. The van der Waals surface area contributed by atoms with Gasteiger partial charge in [0.25, 0.3) is 0 Å². The summed E-state index contributed by atoms with van der Waals surface area (Å²) in [5.41, 5.74) is 0.672. The topological polar surface area (TPSA) is 51.6 Å². The van der Waals surface area contributed by atoms with Gasteiger partial charge >= 0.3 is 0 Å². The van der Waals surface area contributed by atoms with E-state index in [4.69, 9.17) is 9.47 Å². The van der Waals surface area contributed by atoms with Crippen LogP contribution < -0.4 is 9.47 Å². The van der Waals surface area contributed by atoms with Gasteiger partial charge in [-0.15, -0.1) is 0 Å². The molecule has 94 valence electrons.